The normalized spacial score (nSPS) is 22.6. The molecule has 0 spiro atoms. The largest absolute Gasteiger partial charge is 0.396 e. The van der Waals surface area contributed by atoms with E-state index in [4.69, 9.17) is 0 Å². The van der Waals surface area contributed by atoms with Crippen LogP contribution < -0.4 is 4.90 Å². The van der Waals surface area contributed by atoms with Crippen molar-refractivity contribution in [2.24, 2.45) is 11.3 Å². The molecule has 0 amide bonds. The van der Waals surface area contributed by atoms with Crippen molar-refractivity contribution < 1.29 is 5.11 Å². The Labute approximate surface area is 124 Å². The van der Waals surface area contributed by atoms with E-state index in [0.29, 0.717) is 11.3 Å². The summed E-state index contributed by atoms with van der Waals surface area (Å²) in [6, 6.07) is 6.55. The van der Waals surface area contributed by atoms with Crippen LogP contribution in [-0.4, -0.2) is 24.8 Å². The molecule has 1 atom stereocenters. The van der Waals surface area contributed by atoms with Gasteiger partial charge < -0.3 is 10.0 Å². The molecule has 1 N–H and O–H groups in total. The van der Waals surface area contributed by atoms with Crippen molar-refractivity contribution in [3.05, 3.63) is 28.2 Å². The number of aryl methyl sites for hydroxylation is 1. The molecule has 0 bridgehead atoms. The van der Waals surface area contributed by atoms with Crippen molar-refractivity contribution in [1.82, 2.24) is 0 Å². The van der Waals surface area contributed by atoms with Crippen LogP contribution in [0.3, 0.4) is 0 Å². The van der Waals surface area contributed by atoms with Gasteiger partial charge in [-0.3, -0.25) is 0 Å². The Morgan fingerprint density at radius 2 is 2.16 bits per heavy atom. The van der Waals surface area contributed by atoms with Crippen LogP contribution in [0.15, 0.2) is 22.7 Å². The number of piperidine rings is 1. The summed E-state index contributed by atoms with van der Waals surface area (Å²) < 4.78 is 1.18. The van der Waals surface area contributed by atoms with Crippen molar-refractivity contribution in [2.75, 3.05) is 24.6 Å². The molecule has 106 valence electrons. The fourth-order valence-corrected chi connectivity index (χ4v) is 3.70. The van der Waals surface area contributed by atoms with Crippen LogP contribution in [0.25, 0.3) is 0 Å². The summed E-state index contributed by atoms with van der Waals surface area (Å²) in [6.45, 7) is 9.19. The fraction of sp³-hybridized carbons (Fsp3) is 0.625. The van der Waals surface area contributed by atoms with Gasteiger partial charge in [0.05, 0.1) is 5.69 Å². The van der Waals surface area contributed by atoms with E-state index in [1.807, 2.05) is 0 Å². The lowest BCUT2D eigenvalue weighted by atomic mass is 9.72. The van der Waals surface area contributed by atoms with Crippen molar-refractivity contribution >= 4 is 21.6 Å². The Bertz CT molecular complexity index is 444. The summed E-state index contributed by atoms with van der Waals surface area (Å²) in [4.78, 5) is 2.45. The maximum Gasteiger partial charge on any atom is 0.0510 e. The predicted molar refractivity (Wildman–Crippen MR) is 84.7 cm³/mol. The number of aliphatic hydroxyl groups is 1. The van der Waals surface area contributed by atoms with E-state index in [-0.39, 0.29) is 6.61 Å². The van der Waals surface area contributed by atoms with Crippen LogP contribution >= 0.6 is 15.9 Å². The number of aliphatic hydroxyl groups excluding tert-OH is 1. The summed E-state index contributed by atoms with van der Waals surface area (Å²) in [5.41, 5.74) is 2.89. The molecule has 1 unspecified atom stereocenters. The van der Waals surface area contributed by atoms with Gasteiger partial charge in [0.15, 0.2) is 0 Å². The molecule has 1 aromatic rings. The summed E-state index contributed by atoms with van der Waals surface area (Å²) in [6.07, 6.45) is 2.07. The molecule has 2 nitrogen and oxygen atoms in total. The van der Waals surface area contributed by atoms with Gasteiger partial charge in [0.1, 0.15) is 0 Å². The maximum absolute atomic E-state index is 9.27. The first kappa shape index (κ1) is 14.9. The quantitative estimate of drug-likeness (QED) is 0.908. The van der Waals surface area contributed by atoms with Crippen LogP contribution in [0, 0.1) is 18.3 Å². The van der Waals surface area contributed by atoms with Gasteiger partial charge in [-0.25, -0.2) is 0 Å². The minimum Gasteiger partial charge on any atom is -0.396 e. The van der Waals surface area contributed by atoms with E-state index in [0.717, 1.165) is 19.5 Å². The number of halogens is 1. The molecular weight excluding hydrogens is 302 g/mol. The second-order valence-corrected chi connectivity index (χ2v) is 7.20. The molecule has 0 radical (unpaired) electrons. The molecule has 1 heterocycles. The highest BCUT2D eigenvalue weighted by atomic mass is 79.9. The number of hydrogen-bond acceptors (Lipinski definition) is 2. The Morgan fingerprint density at radius 3 is 2.79 bits per heavy atom. The van der Waals surface area contributed by atoms with Crippen LogP contribution in [-0.2, 0) is 0 Å². The van der Waals surface area contributed by atoms with Crippen molar-refractivity contribution in [3.63, 3.8) is 0 Å². The lowest BCUT2D eigenvalue weighted by Crippen LogP contribution is -2.45. The Balaban J connectivity index is 2.18. The van der Waals surface area contributed by atoms with E-state index in [9.17, 15) is 5.11 Å². The Hall–Kier alpha value is -0.540. The van der Waals surface area contributed by atoms with Gasteiger partial charge in [0.2, 0.25) is 0 Å². The first-order valence-electron chi connectivity index (χ1n) is 7.06. The monoisotopic (exact) mass is 325 g/mol. The zero-order valence-corrected chi connectivity index (χ0v) is 13.7. The topological polar surface area (TPSA) is 23.5 Å². The third-order valence-electron chi connectivity index (χ3n) is 4.49. The van der Waals surface area contributed by atoms with Crippen LogP contribution in [0.1, 0.15) is 32.3 Å². The molecule has 0 aliphatic carbocycles. The molecule has 0 aromatic heterocycles. The van der Waals surface area contributed by atoms with Gasteiger partial charge in [-0.05, 0) is 64.7 Å². The maximum atomic E-state index is 9.27. The number of anilines is 1. The molecule has 1 aromatic carbocycles. The minimum absolute atomic E-state index is 0.289. The van der Waals surface area contributed by atoms with E-state index in [2.05, 4.69) is 59.8 Å². The molecular formula is C16H24BrNO. The molecule has 2 rings (SSSR count). The highest BCUT2D eigenvalue weighted by molar-refractivity contribution is 9.10. The minimum atomic E-state index is 0.289. The molecule has 1 aliphatic heterocycles. The molecule has 0 saturated carbocycles. The Morgan fingerprint density at radius 1 is 1.42 bits per heavy atom. The Kier molecular flexibility index (Phi) is 4.57. The number of hydrogen-bond donors (Lipinski definition) is 1. The standard InChI is InChI=1S/C16H24BrNO/c1-12-4-5-15(14(17)10-12)18-8-7-16(2,3)13(11-18)6-9-19/h4-5,10,13,19H,6-9,11H2,1-3H3. The smallest absolute Gasteiger partial charge is 0.0510 e. The lowest BCUT2D eigenvalue weighted by molar-refractivity contribution is 0.132. The molecule has 1 aliphatic rings. The van der Waals surface area contributed by atoms with E-state index >= 15 is 0 Å². The third kappa shape index (κ3) is 3.32. The first-order chi connectivity index (χ1) is 8.94. The molecule has 1 fully saturated rings. The van der Waals surface area contributed by atoms with Gasteiger partial charge in [0.25, 0.3) is 0 Å². The van der Waals surface area contributed by atoms with Crippen LogP contribution in [0.5, 0.6) is 0 Å². The lowest BCUT2D eigenvalue weighted by Gasteiger charge is -2.45. The van der Waals surface area contributed by atoms with E-state index in [1.165, 1.54) is 22.1 Å². The average Bonchev–Trinajstić information content (AvgIpc) is 2.33. The number of nitrogens with zero attached hydrogens (tertiary/aromatic N) is 1. The first-order valence-corrected chi connectivity index (χ1v) is 7.85. The second kappa shape index (κ2) is 5.84. The number of benzene rings is 1. The SMILES string of the molecule is Cc1ccc(N2CCC(C)(C)C(CCO)C2)c(Br)c1. The summed E-state index contributed by atoms with van der Waals surface area (Å²) in [5.74, 6) is 0.555. The fourth-order valence-electron chi connectivity index (χ4n) is 2.96. The molecule has 19 heavy (non-hydrogen) atoms. The van der Waals surface area contributed by atoms with Gasteiger partial charge in [-0.2, -0.15) is 0 Å². The van der Waals surface area contributed by atoms with Crippen molar-refractivity contribution in [2.45, 2.75) is 33.6 Å². The zero-order chi connectivity index (χ0) is 14.0. The summed E-state index contributed by atoms with van der Waals surface area (Å²) in [7, 11) is 0. The highest BCUT2D eigenvalue weighted by Gasteiger charge is 2.35. The van der Waals surface area contributed by atoms with E-state index < -0.39 is 0 Å². The van der Waals surface area contributed by atoms with Gasteiger partial charge >= 0.3 is 0 Å². The van der Waals surface area contributed by atoms with Gasteiger partial charge in [-0.1, -0.05) is 19.9 Å². The van der Waals surface area contributed by atoms with Crippen molar-refractivity contribution in [3.8, 4) is 0 Å². The average molecular weight is 326 g/mol. The van der Waals surface area contributed by atoms with Crippen LogP contribution in [0.2, 0.25) is 0 Å². The van der Waals surface area contributed by atoms with Crippen LogP contribution in [0.4, 0.5) is 5.69 Å². The van der Waals surface area contributed by atoms with Gasteiger partial charge in [-0.15, -0.1) is 0 Å². The highest BCUT2D eigenvalue weighted by Crippen LogP contribution is 2.40. The van der Waals surface area contributed by atoms with E-state index in [1.54, 1.807) is 0 Å². The second-order valence-electron chi connectivity index (χ2n) is 6.35. The zero-order valence-electron chi connectivity index (χ0n) is 12.1. The summed E-state index contributed by atoms with van der Waals surface area (Å²) in [5, 5.41) is 9.27. The number of rotatable bonds is 3. The van der Waals surface area contributed by atoms with Crippen molar-refractivity contribution in [1.29, 1.82) is 0 Å². The molecule has 3 heteroatoms. The molecule has 1 saturated heterocycles. The third-order valence-corrected chi connectivity index (χ3v) is 5.13. The summed E-state index contributed by atoms with van der Waals surface area (Å²) >= 11 is 3.68. The van der Waals surface area contributed by atoms with Gasteiger partial charge in [0, 0.05) is 24.2 Å². The predicted octanol–water partition coefficient (Wildman–Crippen LogP) is 3.99.